The molecule has 2 unspecified atom stereocenters. The van der Waals surface area contributed by atoms with Gasteiger partial charge in [-0.1, -0.05) is 90.9 Å². The number of unbranched alkanes of at least 4 members (excludes halogenated alkanes) is 8. The third kappa shape index (κ3) is 12.0. The van der Waals surface area contributed by atoms with Crippen molar-refractivity contribution in [1.29, 1.82) is 0 Å². The fourth-order valence-corrected chi connectivity index (χ4v) is 4.06. The molecule has 1 rings (SSSR count). The lowest BCUT2D eigenvalue weighted by molar-refractivity contribution is -0.274. The molecule has 0 radical (unpaired) electrons. The molecule has 25 heavy (non-hydrogen) atoms. The van der Waals surface area contributed by atoms with Gasteiger partial charge in [0.05, 0.1) is 12.7 Å². The van der Waals surface area contributed by atoms with E-state index in [1.165, 1.54) is 89.9 Å². The Morgan fingerprint density at radius 1 is 0.800 bits per heavy atom. The van der Waals surface area contributed by atoms with Crippen LogP contribution in [0.4, 0.5) is 0 Å². The van der Waals surface area contributed by atoms with Crippen molar-refractivity contribution in [2.75, 3.05) is 6.61 Å². The lowest BCUT2D eigenvalue weighted by Crippen LogP contribution is -2.39. The van der Waals surface area contributed by atoms with E-state index in [0.29, 0.717) is 6.10 Å². The minimum Gasteiger partial charge on any atom is -0.350 e. The molecule has 0 spiro atoms. The van der Waals surface area contributed by atoms with E-state index >= 15 is 0 Å². The van der Waals surface area contributed by atoms with Crippen LogP contribution >= 0.6 is 0 Å². The minimum atomic E-state index is -0.376. The third-order valence-corrected chi connectivity index (χ3v) is 5.67. The second kappa shape index (κ2) is 14.0. The topological polar surface area (TPSA) is 18.5 Å². The van der Waals surface area contributed by atoms with Crippen molar-refractivity contribution >= 4 is 0 Å². The van der Waals surface area contributed by atoms with E-state index in [9.17, 15) is 0 Å². The maximum atomic E-state index is 6.11. The first-order valence-corrected chi connectivity index (χ1v) is 11.4. The zero-order chi connectivity index (χ0) is 18.4. The highest BCUT2D eigenvalue weighted by molar-refractivity contribution is 4.71. The van der Waals surface area contributed by atoms with E-state index in [2.05, 4.69) is 27.7 Å². The average molecular weight is 355 g/mol. The van der Waals surface area contributed by atoms with Crippen LogP contribution in [0.1, 0.15) is 124 Å². The van der Waals surface area contributed by atoms with Crippen LogP contribution in [0.15, 0.2) is 0 Å². The lowest BCUT2D eigenvalue weighted by Gasteiger charge is -2.36. The Balaban J connectivity index is 2.26. The summed E-state index contributed by atoms with van der Waals surface area (Å²) in [6.07, 6.45) is 21.0. The Morgan fingerprint density at radius 3 is 1.96 bits per heavy atom. The van der Waals surface area contributed by atoms with Crippen LogP contribution in [0.3, 0.4) is 0 Å². The van der Waals surface area contributed by atoms with Crippen molar-refractivity contribution < 1.29 is 9.47 Å². The number of ether oxygens (including phenoxy) is 2. The quantitative estimate of drug-likeness (QED) is 0.281. The van der Waals surface area contributed by atoms with Crippen LogP contribution in [0.25, 0.3) is 0 Å². The lowest BCUT2D eigenvalue weighted by atomic mass is 9.89. The normalized spacial score (nSPS) is 21.4. The Hall–Kier alpha value is -0.0800. The summed E-state index contributed by atoms with van der Waals surface area (Å²) >= 11 is 0. The van der Waals surface area contributed by atoms with Gasteiger partial charge in [-0.15, -0.1) is 0 Å². The molecule has 1 aliphatic rings. The Kier molecular flexibility index (Phi) is 12.9. The largest absolute Gasteiger partial charge is 0.350 e. The first kappa shape index (κ1) is 23.0. The highest BCUT2D eigenvalue weighted by atomic mass is 16.7. The summed E-state index contributed by atoms with van der Waals surface area (Å²) in [6, 6.07) is 0. The second-order valence-electron chi connectivity index (χ2n) is 8.63. The van der Waals surface area contributed by atoms with Crippen LogP contribution in [-0.2, 0) is 9.47 Å². The summed E-state index contributed by atoms with van der Waals surface area (Å²) in [5.41, 5.74) is 0. The van der Waals surface area contributed by atoms with Gasteiger partial charge in [-0.25, -0.2) is 0 Å². The molecule has 0 aromatic carbocycles. The van der Waals surface area contributed by atoms with Crippen molar-refractivity contribution in [2.45, 2.75) is 136 Å². The Bertz CT molecular complexity index is 300. The number of rotatable bonds is 15. The fourth-order valence-electron chi connectivity index (χ4n) is 4.06. The molecule has 0 aliphatic carbocycles. The monoisotopic (exact) mass is 354 g/mol. The zero-order valence-electron chi connectivity index (χ0n) is 17.8. The first-order valence-electron chi connectivity index (χ1n) is 11.4. The fraction of sp³-hybridized carbons (Fsp3) is 1.00. The molecule has 2 atom stereocenters. The molecule has 0 saturated carbocycles. The van der Waals surface area contributed by atoms with E-state index in [1.54, 1.807) is 0 Å². The predicted molar refractivity (Wildman–Crippen MR) is 109 cm³/mol. The highest BCUT2D eigenvalue weighted by Crippen LogP contribution is 2.29. The summed E-state index contributed by atoms with van der Waals surface area (Å²) in [6.45, 7) is 9.57. The molecular weight excluding hydrogens is 308 g/mol. The van der Waals surface area contributed by atoms with Crippen molar-refractivity contribution in [3.8, 4) is 0 Å². The van der Waals surface area contributed by atoms with Gasteiger partial charge >= 0.3 is 0 Å². The molecule has 0 aromatic rings. The number of hydrogen-bond acceptors (Lipinski definition) is 2. The molecule has 1 saturated heterocycles. The summed E-state index contributed by atoms with van der Waals surface area (Å²) in [5.74, 6) is 0.538. The predicted octanol–water partition coefficient (Wildman–Crippen LogP) is 7.65. The van der Waals surface area contributed by atoms with Crippen LogP contribution in [0, 0.1) is 5.92 Å². The Morgan fingerprint density at radius 2 is 1.36 bits per heavy atom. The molecule has 0 bridgehead atoms. The third-order valence-electron chi connectivity index (χ3n) is 5.67. The van der Waals surface area contributed by atoms with Gasteiger partial charge in [0.2, 0.25) is 0 Å². The molecule has 0 N–H and O–H groups in total. The standard InChI is InChI=1S/C23H46O2/c1-5-7-9-11-12-14-16-21(15-13-10-8-6-2)17-18-22-19-20-24-23(3,4)25-22/h21-22H,5-20H2,1-4H3. The van der Waals surface area contributed by atoms with Gasteiger partial charge < -0.3 is 9.47 Å². The number of hydrogen-bond donors (Lipinski definition) is 0. The van der Waals surface area contributed by atoms with Gasteiger partial charge in [0.1, 0.15) is 0 Å². The Labute approximate surface area is 158 Å². The summed E-state index contributed by atoms with van der Waals surface area (Å²) in [4.78, 5) is 0. The molecular formula is C23H46O2. The first-order chi connectivity index (χ1) is 12.1. The zero-order valence-corrected chi connectivity index (χ0v) is 17.8. The van der Waals surface area contributed by atoms with Crippen molar-refractivity contribution in [3.63, 3.8) is 0 Å². The maximum absolute atomic E-state index is 6.11. The summed E-state index contributed by atoms with van der Waals surface area (Å²) in [7, 11) is 0. The van der Waals surface area contributed by atoms with Gasteiger partial charge in [0, 0.05) is 0 Å². The molecule has 2 heteroatoms. The van der Waals surface area contributed by atoms with Gasteiger partial charge in [-0.3, -0.25) is 0 Å². The van der Waals surface area contributed by atoms with E-state index in [-0.39, 0.29) is 5.79 Å². The SMILES string of the molecule is CCCCCCCCC(CCCCCC)CCC1CCOC(C)(C)O1. The smallest absolute Gasteiger partial charge is 0.163 e. The molecule has 0 amide bonds. The van der Waals surface area contributed by atoms with Crippen molar-refractivity contribution in [1.82, 2.24) is 0 Å². The van der Waals surface area contributed by atoms with Crippen LogP contribution in [-0.4, -0.2) is 18.5 Å². The average Bonchev–Trinajstić information content (AvgIpc) is 2.58. The highest BCUT2D eigenvalue weighted by Gasteiger charge is 2.29. The van der Waals surface area contributed by atoms with Gasteiger partial charge in [-0.2, -0.15) is 0 Å². The van der Waals surface area contributed by atoms with Crippen molar-refractivity contribution in [2.24, 2.45) is 5.92 Å². The summed E-state index contributed by atoms with van der Waals surface area (Å²) < 4.78 is 11.8. The van der Waals surface area contributed by atoms with E-state index < -0.39 is 0 Å². The van der Waals surface area contributed by atoms with E-state index in [4.69, 9.17) is 9.47 Å². The van der Waals surface area contributed by atoms with Crippen LogP contribution in [0.2, 0.25) is 0 Å². The van der Waals surface area contributed by atoms with Gasteiger partial charge in [-0.05, 0) is 39.0 Å². The van der Waals surface area contributed by atoms with Crippen LogP contribution < -0.4 is 0 Å². The van der Waals surface area contributed by atoms with Gasteiger partial charge in [0.15, 0.2) is 5.79 Å². The van der Waals surface area contributed by atoms with E-state index in [0.717, 1.165) is 18.9 Å². The maximum Gasteiger partial charge on any atom is 0.163 e. The minimum absolute atomic E-state index is 0.376. The molecule has 2 nitrogen and oxygen atoms in total. The molecule has 1 aliphatic heterocycles. The molecule has 1 heterocycles. The van der Waals surface area contributed by atoms with Crippen LogP contribution in [0.5, 0.6) is 0 Å². The second-order valence-corrected chi connectivity index (χ2v) is 8.63. The van der Waals surface area contributed by atoms with Gasteiger partial charge in [0.25, 0.3) is 0 Å². The molecule has 0 aromatic heterocycles. The molecule has 150 valence electrons. The van der Waals surface area contributed by atoms with E-state index in [1.807, 2.05) is 0 Å². The summed E-state index contributed by atoms with van der Waals surface area (Å²) in [5, 5.41) is 0. The molecule has 1 fully saturated rings. The van der Waals surface area contributed by atoms with Crippen molar-refractivity contribution in [3.05, 3.63) is 0 Å².